The monoisotopic (exact) mass is 173 g/mol. The molecule has 0 aliphatic carbocycles. The van der Waals surface area contributed by atoms with Crippen LogP contribution in [-0.4, -0.2) is 46.3 Å². The lowest BCUT2D eigenvalue weighted by Crippen LogP contribution is -2.33. The van der Waals surface area contributed by atoms with Gasteiger partial charge in [0, 0.05) is 19.1 Å². The minimum absolute atomic E-state index is 0.0413. The number of nitrogens with zero attached hydrogens (tertiary/aromatic N) is 1. The van der Waals surface area contributed by atoms with Gasteiger partial charge in [-0.05, 0) is 13.3 Å². The van der Waals surface area contributed by atoms with Crippen LogP contribution in [0.3, 0.4) is 0 Å². The highest BCUT2D eigenvalue weighted by Crippen LogP contribution is 2.14. The first kappa shape index (κ1) is 9.48. The van der Waals surface area contributed by atoms with Gasteiger partial charge < -0.3 is 10.2 Å². The molecule has 0 spiro atoms. The molecule has 4 heteroatoms. The Hall–Kier alpha value is -0.610. The maximum atomic E-state index is 10.4. The Balaban J connectivity index is 2.32. The molecular formula is C8H15NO3. The first-order valence-electron chi connectivity index (χ1n) is 4.23. The van der Waals surface area contributed by atoms with Crippen molar-refractivity contribution in [3.05, 3.63) is 0 Å². The lowest BCUT2D eigenvalue weighted by molar-refractivity contribution is -0.138. The van der Waals surface area contributed by atoms with Crippen LogP contribution in [0.4, 0.5) is 0 Å². The summed E-state index contributed by atoms with van der Waals surface area (Å²) in [7, 11) is 0. The standard InChI is InChI=1S/C8H15NO3/c1-6(4-8(11)12)9-3-2-7(10)5-9/h6-7,10H,2-5H2,1H3,(H,11,12)/t6?,7-/m0/s1. The molecule has 0 bridgehead atoms. The summed E-state index contributed by atoms with van der Waals surface area (Å²) in [5, 5.41) is 17.7. The van der Waals surface area contributed by atoms with Gasteiger partial charge in [0.15, 0.2) is 0 Å². The number of hydrogen-bond donors (Lipinski definition) is 2. The quantitative estimate of drug-likeness (QED) is 0.626. The fourth-order valence-corrected chi connectivity index (χ4v) is 1.55. The zero-order valence-corrected chi connectivity index (χ0v) is 7.23. The van der Waals surface area contributed by atoms with Crippen LogP contribution in [0.2, 0.25) is 0 Å². The predicted octanol–water partition coefficient (Wildman–Crippen LogP) is -0.0838. The molecule has 12 heavy (non-hydrogen) atoms. The molecule has 70 valence electrons. The van der Waals surface area contributed by atoms with Crippen molar-refractivity contribution in [3.8, 4) is 0 Å². The molecule has 0 amide bonds. The van der Waals surface area contributed by atoms with E-state index in [9.17, 15) is 9.90 Å². The van der Waals surface area contributed by atoms with Crippen LogP contribution in [0, 0.1) is 0 Å². The largest absolute Gasteiger partial charge is 0.481 e. The maximum absolute atomic E-state index is 10.4. The van der Waals surface area contributed by atoms with E-state index in [1.165, 1.54) is 0 Å². The van der Waals surface area contributed by atoms with E-state index in [4.69, 9.17) is 5.11 Å². The van der Waals surface area contributed by atoms with Crippen molar-refractivity contribution in [2.45, 2.75) is 31.9 Å². The van der Waals surface area contributed by atoms with Gasteiger partial charge in [-0.3, -0.25) is 9.69 Å². The fourth-order valence-electron chi connectivity index (χ4n) is 1.55. The molecule has 1 unspecified atom stereocenters. The molecule has 1 aliphatic heterocycles. The Kier molecular flexibility index (Phi) is 3.05. The number of hydrogen-bond acceptors (Lipinski definition) is 3. The van der Waals surface area contributed by atoms with Crippen molar-refractivity contribution in [3.63, 3.8) is 0 Å². The van der Waals surface area contributed by atoms with E-state index in [-0.39, 0.29) is 18.6 Å². The Morgan fingerprint density at radius 1 is 1.75 bits per heavy atom. The summed E-state index contributed by atoms with van der Waals surface area (Å²) in [6.45, 7) is 3.32. The molecule has 1 heterocycles. The van der Waals surface area contributed by atoms with E-state index in [0.717, 1.165) is 13.0 Å². The summed E-state index contributed by atoms with van der Waals surface area (Å²) in [4.78, 5) is 12.4. The summed E-state index contributed by atoms with van der Waals surface area (Å²) < 4.78 is 0. The van der Waals surface area contributed by atoms with Gasteiger partial charge >= 0.3 is 5.97 Å². The summed E-state index contributed by atoms with van der Waals surface area (Å²) in [6.07, 6.45) is 0.665. The van der Waals surface area contributed by atoms with Crippen molar-refractivity contribution in [2.75, 3.05) is 13.1 Å². The van der Waals surface area contributed by atoms with E-state index >= 15 is 0 Å². The second-order valence-corrected chi connectivity index (χ2v) is 3.38. The smallest absolute Gasteiger partial charge is 0.304 e. The highest BCUT2D eigenvalue weighted by atomic mass is 16.4. The number of carboxylic acids is 1. The second kappa shape index (κ2) is 3.87. The minimum atomic E-state index is -0.774. The van der Waals surface area contributed by atoms with Gasteiger partial charge in [-0.1, -0.05) is 0 Å². The van der Waals surface area contributed by atoms with Gasteiger partial charge in [0.2, 0.25) is 0 Å². The zero-order valence-electron chi connectivity index (χ0n) is 7.23. The number of rotatable bonds is 3. The molecule has 2 N–H and O–H groups in total. The van der Waals surface area contributed by atoms with Crippen LogP contribution >= 0.6 is 0 Å². The number of carbonyl (C=O) groups is 1. The summed E-state index contributed by atoms with van der Waals surface area (Å²) >= 11 is 0. The van der Waals surface area contributed by atoms with Crippen molar-refractivity contribution in [1.29, 1.82) is 0 Å². The lowest BCUT2D eigenvalue weighted by atomic mass is 10.2. The fraction of sp³-hybridized carbons (Fsp3) is 0.875. The van der Waals surface area contributed by atoms with Crippen LogP contribution in [0.15, 0.2) is 0 Å². The summed E-state index contributed by atoms with van der Waals surface area (Å²) in [5.41, 5.74) is 0. The summed E-state index contributed by atoms with van der Waals surface area (Å²) in [6, 6.07) is 0.0413. The van der Waals surface area contributed by atoms with Crippen LogP contribution in [0.25, 0.3) is 0 Å². The Morgan fingerprint density at radius 2 is 2.42 bits per heavy atom. The number of aliphatic hydroxyl groups excluding tert-OH is 1. The molecule has 0 saturated carbocycles. The number of likely N-dealkylation sites (tertiary alicyclic amines) is 1. The van der Waals surface area contributed by atoms with Crippen LogP contribution < -0.4 is 0 Å². The third kappa shape index (κ3) is 2.46. The van der Waals surface area contributed by atoms with Crippen LogP contribution in [-0.2, 0) is 4.79 Å². The van der Waals surface area contributed by atoms with Crippen molar-refractivity contribution in [2.24, 2.45) is 0 Å². The maximum Gasteiger partial charge on any atom is 0.304 e. The molecule has 4 nitrogen and oxygen atoms in total. The van der Waals surface area contributed by atoms with E-state index < -0.39 is 5.97 Å². The summed E-state index contributed by atoms with van der Waals surface area (Å²) in [5.74, 6) is -0.774. The van der Waals surface area contributed by atoms with Crippen molar-refractivity contribution >= 4 is 5.97 Å². The molecule has 1 rings (SSSR count). The molecule has 0 aromatic carbocycles. The number of carboxylic acid groups (broad SMARTS) is 1. The molecule has 0 aromatic heterocycles. The van der Waals surface area contributed by atoms with E-state index in [1.54, 1.807) is 0 Å². The number of aliphatic hydroxyl groups is 1. The van der Waals surface area contributed by atoms with E-state index in [0.29, 0.717) is 6.54 Å². The predicted molar refractivity (Wildman–Crippen MR) is 43.9 cm³/mol. The molecule has 1 saturated heterocycles. The molecule has 1 aliphatic rings. The lowest BCUT2D eigenvalue weighted by Gasteiger charge is -2.21. The van der Waals surface area contributed by atoms with Gasteiger partial charge in [0.25, 0.3) is 0 Å². The average molecular weight is 173 g/mol. The first-order chi connectivity index (χ1) is 5.59. The normalized spacial score (nSPS) is 27.3. The van der Waals surface area contributed by atoms with Gasteiger partial charge in [-0.2, -0.15) is 0 Å². The SMILES string of the molecule is CC(CC(=O)O)N1CC[C@H](O)C1. The topological polar surface area (TPSA) is 60.8 Å². The molecule has 0 radical (unpaired) electrons. The minimum Gasteiger partial charge on any atom is -0.481 e. The zero-order chi connectivity index (χ0) is 9.14. The molecule has 2 atom stereocenters. The molecule has 1 fully saturated rings. The van der Waals surface area contributed by atoms with Gasteiger partial charge in [0.05, 0.1) is 12.5 Å². The van der Waals surface area contributed by atoms with Crippen molar-refractivity contribution < 1.29 is 15.0 Å². The third-order valence-corrected chi connectivity index (χ3v) is 2.29. The highest BCUT2D eigenvalue weighted by Gasteiger charge is 2.25. The van der Waals surface area contributed by atoms with Crippen molar-refractivity contribution in [1.82, 2.24) is 4.90 Å². The molecular weight excluding hydrogens is 158 g/mol. The Labute approximate surface area is 71.8 Å². The van der Waals surface area contributed by atoms with E-state index in [1.807, 2.05) is 11.8 Å². The first-order valence-corrected chi connectivity index (χ1v) is 4.23. The third-order valence-electron chi connectivity index (χ3n) is 2.29. The Morgan fingerprint density at radius 3 is 2.83 bits per heavy atom. The van der Waals surface area contributed by atoms with Crippen LogP contribution in [0.1, 0.15) is 19.8 Å². The number of β-amino-alcohol motifs (C(OH)–C–C–N with tert-alkyl or cyclic N) is 1. The number of aliphatic carboxylic acids is 1. The van der Waals surface area contributed by atoms with Gasteiger partial charge in [-0.25, -0.2) is 0 Å². The second-order valence-electron chi connectivity index (χ2n) is 3.38. The van der Waals surface area contributed by atoms with Gasteiger partial charge in [-0.15, -0.1) is 0 Å². The average Bonchev–Trinajstić information content (AvgIpc) is 2.34. The Bertz CT molecular complexity index is 172. The highest BCUT2D eigenvalue weighted by molar-refractivity contribution is 5.67. The van der Waals surface area contributed by atoms with E-state index in [2.05, 4.69) is 0 Å². The van der Waals surface area contributed by atoms with Crippen LogP contribution in [0.5, 0.6) is 0 Å². The molecule has 0 aromatic rings. The van der Waals surface area contributed by atoms with Gasteiger partial charge in [0.1, 0.15) is 0 Å².